The molecule has 0 fully saturated rings. The predicted octanol–water partition coefficient (Wildman–Crippen LogP) is -0.435. The van der Waals surface area contributed by atoms with Crippen molar-refractivity contribution in [2.75, 3.05) is 6.61 Å². The van der Waals surface area contributed by atoms with Crippen LogP contribution in [0.4, 0.5) is 0 Å². The molecule has 0 saturated heterocycles. The molecule has 0 bridgehead atoms. The van der Waals surface area contributed by atoms with E-state index in [1.165, 1.54) is 12.3 Å². The van der Waals surface area contributed by atoms with E-state index in [1.807, 2.05) is 0 Å². The number of aliphatic carboxylic acids is 1. The summed E-state index contributed by atoms with van der Waals surface area (Å²) in [7, 11) is 0. The Bertz CT molecular complexity index is 388. The molecule has 0 aliphatic carbocycles. The van der Waals surface area contributed by atoms with Crippen molar-refractivity contribution in [3.05, 3.63) is 29.6 Å². The molecule has 0 aliphatic rings. The third kappa shape index (κ3) is 3.03. The molecule has 1 atom stereocenters. The molecule has 1 heterocycles. The van der Waals surface area contributed by atoms with Gasteiger partial charge < -0.3 is 15.5 Å². The first-order chi connectivity index (χ1) is 7.54. The van der Waals surface area contributed by atoms with E-state index in [9.17, 15) is 9.59 Å². The van der Waals surface area contributed by atoms with Gasteiger partial charge in [-0.3, -0.25) is 9.78 Å². The van der Waals surface area contributed by atoms with E-state index in [1.54, 1.807) is 13.0 Å². The van der Waals surface area contributed by atoms with Crippen LogP contribution in [0.5, 0.6) is 0 Å². The molecule has 1 unspecified atom stereocenters. The minimum absolute atomic E-state index is 0.255. The molecule has 1 aromatic rings. The summed E-state index contributed by atoms with van der Waals surface area (Å²) < 4.78 is 0. The Morgan fingerprint density at radius 1 is 1.50 bits per heavy atom. The topological polar surface area (TPSA) is 99.5 Å². The Morgan fingerprint density at radius 2 is 2.19 bits per heavy atom. The zero-order chi connectivity index (χ0) is 12.1. The molecule has 1 rings (SSSR count). The van der Waals surface area contributed by atoms with E-state index in [4.69, 9.17) is 10.2 Å². The van der Waals surface area contributed by atoms with Crippen LogP contribution in [-0.4, -0.2) is 39.7 Å². The van der Waals surface area contributed by atoms with E-state index >= 15 is 0 Å². The molecule has 0 aliphatic heterocycles. The number of pyridine rings is 1. The van der Waals surface area contributed by atoms with Gasteiger partial charge >= 0.3 is 5.97 Å². The molecular formula is C10H12N2O4. The third-order valence-electron chi connectivity index (χ3n) is 1.96. The molecule has 6 nitrogen and oxygen atoms in total. The summed E-state index contributed by atoms with van der Waals surface area (Å²) in [5, 5.41) is 19.5. The third-order valence-corrected chi connectivity index (χ3v) is 1.96. The van der Waals surface area contributed by atoms with Gasteiger partial charge in [-0.15, -0.1) is 0 Å². The van der Waals surface area contributed by atoms with Crippen molar-refractivity contribution in [3.8, 4) is 0 Å². The number of nitrogens with one attached hydrogen (secondary N) is 1. The van der Waals surface area contributed by atoms with Crippen molar-refractivity contribution >= 4 is 11.9 Å². The van der Waals surface area contributed by atoms with E-state index in [2.05, 4.69) is 10.3 Å². The Labute approximate surface area is 91.9 Å². The van der Waals surface area contributed by atoms with E-state index < -0.39 is 24.5 Å². The summed E-state index contributed by atoms with van der Waals surface area (Å²) in [6.07, 6.45) is 1.35. The number of nitrogens with zero attached hydrogens (tertiary/aromatic N) is 1. The maximum absolute atomic E-state index is 11.5. The summed E-state index contributed by atoms with van der Waals surface area (Å²) in [4.78, 5) is 26.0. The van der Waals surface area contributed by atoms with Gasteiger partial charge in [0.25, 0.3) is 5.91 Å². The van der Waals surface area contributed by atoms with Gasteiger partial charge in [0, 0.05) is 11.9 Å². The molecule has 6 heteroatoms. The predicted molar refractivity (Wildman–Crippen MR) is 54.9 cm³/mol. The van der Waals surface area contributed by atoms with Crippen molar-refractivity contribution in [2.45, 2.75) is 13.0 Å². The normalized spacial score (nSPS) is 11.9. The van der Waals surface area contributed by atoms with Crippen LogP contribution in [0.3, 0.4) is 0 Å². The molecule has 0 spiro atoms. The number of amides is 1. The van der Waals surface area contributed by atoms with Gasteiger partial charge in [-0.05, 0) is 19.1 Å². The van der Waals surface area contributed by atoms with Gasteiger partial charge in [-0.2, -0.15) is 0 Å². The van der Waals surface area contributed by atoms with Crippen molar-refractivity contribution in [1.82, 2.24) is 10.3 Å². The van der Waals surface area contributed by atoms with Gasteiger partial charge in [0.15, 0.2) is 6.04 Å². The lowest BCUT2D eigenvalue weighted by Gasteiger charge is -2.11. The lowest BCUT2D eigenvalue weighted by Crippen LogP contribution is -2.43. The fourth-order valence-corrected chi connectivity index (χ4v) is 1.03. The fourth-order valence-electron chi connectivity index (χ4n) is 1.03. The first kappa shape index (κ1) is 12.1. The number of carbonyl (C=O) groups excluding carboxylic acids is 1. The number of carbonyl (C=O) groups is 2. The first-order valence-electron chi connectivity index (χ1n) is 4.61. The maximum Gasteiger partial charge on any atom is 0.328 e. The largest absolute Gasteiger partial charge is 0.480 e. The molecule has 16 heavy (non-hydrogen) atoms. The Hall–Kier alpha value is -1.95. The quantitative estimate of drug-likeness (QED) is 0.644. The van der Waals surface area contributed by atoms with Gasteiger partial charge in [0.05, 0.1) is 12.2 Å². The summed E-state index contributed by atoms with van der Waals surface area (Å²) in [5.74, 6) is -1.86. The van der Waals surface area contributed by atoms with E-state index in [0.29, 0.717) is 0 Å². The molecule has 1 aromatic heterocycles. The zero-order valence-electron chi connectivity index (χ0n) is 8.67. The smallest absolute Gasteiger partial charge is 0.328 e. The number of aliphatic hydroxyl groups is 1. The van der Waals surface area contributed by atoms with E-state index in [-0.39, 0.29) is 5.56 Å². The van der Waals surface area contributed by atoms with Crippen molar-refractivity contribution in [3.63, 3.8) is 0 Å². The average Bonchev–Trinajstić information content (AvgIpc) is 2.26. The standard InChI is InChI=1S/C10H12N2O4/c1-6-2-3-7(4-11-6)9(14)12-8(5-13)10(15)16/h2-4,8,13H,5H2,1H3,(H,12,14)(H,15,16). The van der Waals surface area contributed by atoms with Crippen molar-refractivity contribution < 1.29 is 19.8 Å². The van der Waals surface area contributed by atoms with Crippen molar-refractivity contribution in [1.29, 1.82) is 0 Å². The zero-order valence-corrected chi connectivity index (χ0v) is 8.67. The number of aliphatic hydroxyl groups excluding tert-OH is 1. The van der Waals surface area contributed by atoms with Crippen LogP contribution in [0.15, 0.2) is 18.3 Å². The molecular weight excluding hydrogens is 212 g/mol. The lowest BCUT2D eigenvalue weighted by atomic mass is 10.2. The Kier molecular flexibility index (Phi) is 3.96. The highest BCUT2D eigenvalue weighted by molar-refractivity contribution is 5.96. The van der Waals surface area contributed by atoms with Gasteiger partial charge in [-0.25, -0.2) is 4.79 Å². The first-order valence-corrected chi connectivity index (χ1v) is 4.61. The Balaban J connectivity index is 2.71. The average molecular weight is 224 g/mol. The number of hydrogen-bond acceptors (Lipinski definition) is 4. The monoisotopic (exact) mass is 224 g/mol. The summed E-state index contributed by atoms with van der Waals surface area (Å²) in [6.45, 7) is 1.12. The number of aryl methyl sites for hydroxylation is 1. The minimum Gasteiger partial charge on any atom is -0.480 e. The molecule has 0 radical (unpaired) electrons. The van der Waals surface area contributed by atoms with Crippen LogP contribution >= 0.6 is 0 Å². The number of carboxylic acids is 1. The van der Waals surface area contributed by atoms with Gasteiger partial charge in [0.2, 0.25) is 0 Å². The number of rotatable bonds is 4. The van der Waals surface area contributed by atoms with Crippen LogP contribution in [0, 0.1) is 6.92 Å². The van der Waals surface area contributed by atoms with Gasteiger partial charge in [0.1, 0.15) is 0 Å². The second-order valence-electron chi connectivity index (χ2n) is 3.24. The number of hydrogen-bond donors (Lipinski definition) is 3. The van der Waals surface area contributed by atoms with Crippen LogP contribution in [0.2, 0.25) is 0 Å². The maximum atomic E-state index is 11.5. The van der Waals surface area contributed by atoms with Crippen LogP contribution in [0.1, 0.15) is 16.1 Å². The highest BCUT2D eigenvalue weighted by atomic mass is 16.4. The molecule has 0 saturated carbocycles. The molecule has 0 aromatic carbocycles. The second-order valence-corrected chi connectivity index (χ2v) is 3.24. The summed E-state index contributed by atoms with van der Waals surface area (Å²) in [6, 6.07) is 1.88. The van der Waals surface area contributed by atoms with Crippen LogP contribution in [0.25, 0.3) is 0 Å². The SMILES string of the molecule is Cc1ccc(C(=O)NC(CO)C(=O)O)cn1. The lowest BCUT2D eigenvalue weighted by molar-refractivity contribution is -0.140. The number of carboxylic acid groups (broad SMARTS) is 1. The highest BCUT2D eigenvalue weighted by Crippen LogP contribution is 1.99. The summed E-state index contributed by atoms with van der Waals surface area (Å²) in [5.41, 5.74) is 1.01. The minimum atomic E-state index is -1.30. The summed E-state index contributed by atoms with van der Waals surface area (Å²) >= 11 is 0. The molecule has 3 N–H and O–H groups in total. The Morgan fingerprint density at radius 3 is 2.62 bits per heavy atom. The van der Waals surface area contributed by atoms with E-state index in [0.717, 1.165) is 5.69 Å². The fraction of sp³-hybridized carbons (Fsp3) is 0.300. The highest BCUT2D eigenvalue weighted by Gasteiger charge is 2.19. The number of aromatic nitrogens is 1. The molecule has 1 amide bonds. The van der Waals surface area contributed by atoms with Crippen LogP contribution < -0.4 is 5.32 Å². The van der Waals surface area contributed by atoms with Crippen molar-refractivity contribution in [2.24, 2.45) is 0 Å². The van der Waals surface area contributed by atoms with Gasteiger partial charge in [-0.1, -0.05) is 0 Å². The second kappa shape index (κ2) is 5.22. The molecule has 86 valence electrons. The van der Waals surface area contributed by atoms with Crippen LogP contribution in [-0.2, 0) is 4.79 Å².